The quantitative estimate of drug-likeness (QED) is 0.414. The Balaban J connectivity index is 3.49. The smallest absolute Gasteiger partial charge is 0.408 e. The van der Waals surface area contributed by atoms with E-state index in [-0.39, 0.29) is 0 Å². The maximum absolute atomic E-state index is 13.5. The van der Waals surface area contributed by atoms with Crippen molar-refractivity contribution >= 4 is 23.8 Å². The number of hydrogen-bond acceptors (Lipinski definition) is 5. The minimum absolute atomic E-state index is 0.487. The summed E-state index contributed by atoms with van der Waals surface area (Å²) < 4.78 is 5.20. The second kappa shape index (κ2) is 11.1. The van der Waals surface area contributed by atoms with Crippen molar-refractivity contribution in [2.24, 2.45) is 5.73 Å². The Morgan fingerprint density at radius 3 is 2.00 bits per heavy atom. The molecule has 1 aromatic carbocycles. The van der Waals surface area contributed by atoms with E-state index in [1.807, 2.05) is 19.9 Å². The van der Waals surface area contributed by atoms with Crippen molar-refractivity contribution < 1.29 is 23.9 Å². The Labute approximate surface area is 201 Å². The van der Waals surface area contributed by atoms with Gasteiger partial charge in [-0.1, -0.05) is 35.7 Å². The van der Waals surface area contributed by atoms with Gasteiger partial charge in [0, 0.05) is 11.6 Å². The van der Waals surface area contributed by atoms with Gasteiger partial charge >= 0.3 is 6.09 Å². The maximum atomic E-state index is 13.5. The van der Waals surface area contributed by atoms with E-state index in [1.54, 1.807) is 53.7 Å². The summed E-state index contributed by atoms with van der Waals surface area (Å²) in [6.45, 7) is 14.1. The van der Waals surface area contributed by atoms with E-state index >= 15 is 0 Å². The lowest BCUT2D eigenvalue weighted by molar-refractivity contribution is -0.140. The summed E-state index contributed by atoms with van der Waals surface area (Å²) in [5, 5.41) is 5.20. The maximum Gasteiger partial charge on any atom is 0.408 e. The lowest BCUT2D eigenvalue weighted by atomic mass is 9.97. The number of terminal acetylenes is 1. The number of rotatable bonds is 7. The molecule has 0 aliphatic rings. The summed E-state index contributed by atoms with van der Waals surface area (Å²) in [5.41, 5.74) is 6.08. The third-order valence-corrected chi connectivity index (χ3v) is 4.34. The molecule has 4 amide bonds. The van der Waals surface area contributed by atoms with Crippen LogP contribution in [0, 0.1) is 26.3 Å². The Hall–Kier alpha value is -3.54. The SMILES string of the molecule is C#CN(C(=O)C(CC(N)=O)NC(=O)OC(C)(C)C)C(C(=O)NC(C)(C)C)c1cc(C)cc(C)c1. The number of hydrogen-bond donors (Lipinski definition) is 3. The summed E-state index contributed by atoms with van der Waals surface area (Å²) in [6.07, 6.45) is 4.25. The van der Waals surface area contributed by atoms with Crippen LogP contribution in [-0.4, -0.2) is 45.9 Å². The Morgan fingerprint density at radius 1 is 1.06 bits per heavy atom. The molecule has 2 unspecified atom stereocenters. The molecule has 34 heavy (non-hydrogen) atoms. The average molecular weight is 473 g/mol. The van der Waals surface area contributed by atoms with Crippen LogP contribution in [0.4, 0.5) is 4.79 Å². The number of benzene rings is 1. The summed E-state index contributed by atoms with van der Waals surface area (Å²) >= 11 is 0. The van der Waals surface area contributed by atoms with E-state index in [1.165, 1.54) is 0 Å². The molecule has 0 saturated carbocycles. The molecule has 0 spiro atoms. The largest absolute Gasteiger partial charge is 0.444 e. The van der Waals surface area contributed by atoms with Gasteiger partial charge in [0.2, 0.25) is 11.8 Å². The minimum Gasteiger partial charge on any atom is -0.444 e. The van der Waals surface area contributed by atoms with Crippen molar-refractivity contribution in [3.8, 4) is 12.5 Å². The molecule has 0 radical (unpaired) electrons. The normalized spacial score (nSPS) is 13.1. The number of carbonyl (C=O) groups is 4. The standard InChI is InChI=1S/C25H36N4O5/c1-10-29(22(32)18(14-19(26)30)27-23(33)34-25(7,8)9)20(21(31)28-24(4,5)6)17-12-15(2)11-16(3)13-17/h1,11-13,18,20H,14H2,2-9H3,(H2,26,30)(H,27,33)(H,28,31). The zero-order valence-corrected chi connectivity index (χ0v) is 21.2. The van der Waals surface area contributed by atoms with Crippen LogP contribution in [0.2, 0.25) is 0 Å². The molecule has 1 aromatic rings. The molecule has 4 N–H and O–H groups in total. The fourth-order valence-corrected chi connectivity index (χ4v) is 3.31. The number of ether oxygens (including phenoxy) is 1. The van der Waals surface area contributed by atoms with Gasteiger partial charge in [-0.2, -0.15) is 0 Å². The van der Waals surface area contributed by atoms with Gasteiger partial charge in [-0.25, -0.2) is 4.79 Å². The number of nitrogens with one attached hydrogen (secondary N) is 2. The zero-order valence-electron chi connectivity index (χ0n) is 21.2. The summed E-state index contributed by atoms with van der Waals surface area (Å²) in [4.78, 5) is 51.7. The highest BCUT2D eigenvalue weighted by Crippen LogP contribution is 2.25. The number of carbonyl (C=O) groups excluding carboxylic acids is 4. The number of aryl methyl sites for hydroxylation is 2. The second-order valence-electron chi connectivity index (χ2n) is 10.3. The summed E-state index contributed by atoms with van der Waals surface area (Å²) in [6, 6.07) is 5.04. The number of primary amides is 1. The molecule has 9 heteroatoms. The van der Waals surface area contributed by atoms with Crippen molar-refractivity contribution in [3.63, 3.8) is 0 Å². The highest BCUT2D eigenvalue weighted by molar-refractivity contribution is 5.95. The summed E-state index contributed by atoms with van der Waals surface area (Å²) in [7, 11) is 0. The lowest BCUT2D eigenvalue weighted by Crippen LogP contribution is -2.54. The molecule has 0 aliphatic heterocycles. The average Bonchev–Trinajstić information content (AvgIpc) is 2.60. The van der Waals surface area contributed by atoms with Crippen LogP contribution in [0.5, 0.6) is 0 Å². The predicted octanol–water partition coefficient (Wildman–Crippen LogP) is 2.45. The van der Waals surface area contributed by atoms with Gasteiger partial charge in [0.25, 0.3) is 5.91 Å². The van der Waals surface area contributed by atoms with Crippen LogP contribution in [0.25, 0.3) is 0 Å². The molecule has 0 saturated heterocycles. The first-order valence-corrected chi connectivity index (χ1v) is 10.9. The molecule has 9 nitrogen and oxygen atoms in total. The molecule has 0 bridgehead atoms. The van der Waals surface area contributed by atoms with Gasteiger partial charge in [-0.15, -0.1) is 0 Å². The zero-order chi connectivity index (χ0) is 26.4. The van der Waals surface area contributed by atoms with Gasteiger partial charge in [-0.3, -0.25) is 19.3 Å². The predicted molar refractivity (Wildman–Crippen MR) is 129 cm³/mol. The van der Waals surface area contributed by atoms with E-state index < -0.39 is 53.5 Å². The monoisotopic (exact) mass is 472 g/mol. The second-order valence-corrected chi connectivity index (χ2v) is 10.3. The minimum atomic E-state index is -1.43. The molecule has 2 atom stereocenters. The van der Waals surface area contributed by atoms with Gasteiger partial charge in [0.1, 0.15) is 17.7 Å². The van der Waals surface area contributed by atoms with E-state index in [2.05, 4.69) is 16.7 Å². The number of amides is 4. The molecular formula is C25H36N4O5. The first kappa shape index (κ1) is 28.5. The number of nitrogens with two attached hydrogens (primary N) is 1. The van der Waals surface area contributed by atoms with Crippen LogP contribution in [0.1, 0.15) is 70.7 Å². The first-order valence-electron chi connectivity index (χ1n) is 10.9. The highest BCUT2D eigenvalue weighted by Gasteiger charge is 2.37. The van der Waals surface area contributed by atoms with Crippen molar-refractivity contribution in [1.82, 2.24) is 15.5 Å². The van der Waals surface area contributed by atoms with Crippen LogP contribution in [0.15, 0.2) is 18.2 Å². The van der Waals surface area contributed by atoms with Crippen molar-refractivity contribution in [3.05, 3.63) is 34.9 Å². The third kappa shape index (κ3) is 9.14. The fourth-order valence-electron chi connectivity index (χ4n) is 3.31. The molecular weight excluding hydrogens is 436 g/mol. The molecule has 0 fully saturated rings. The lowest BCUT2D eigenvalue weighted by Gasteiger charge is -2.32. The molecule has 186 valence electrons. The number of nitrogens with zero attached hydrogens (tertiary/aromatic N) is 1. The molecule has 0 aromatic heterocycles. The van der Waals surface area contributed by atoms with E-state index in [0.717, 1.165) is 16.0 Å². The van der Waals surface area contributed by atoms with E-state index in [4.69, 9.17) is 16.9 Å². The van der Waals surface area contributed by atoms with Gasteiger partial charge in [0.05, 0.1) is 6.42 Å². The Bertz CT molecular complexity index is 962. The van der Waals surface area contributed by atoms with Gasteiger partial charge in [-0.05, 0) is 61.0 Å². The van der Waals surface area contributed by atoms with Crippen molar-refractivity contribution in [2.75, 3.05) is 0 Å². The fraction of sp³-hybridized carbons (Fsp3) is 0.520. The first-order chi connectivity index (χ1) is 15.4. The van der Waals surface area contributed by atoms with Crippen molar-refractivity contribution in [1.29, 1.82) is 0 Å². The van der Waals surface area contributed by atoms with Gasteiger partial charge in [0.15, 0.2) is 0 Å². The Kier molecular flexibility index (Phi) is 9.26. The number of alkyl carbamates (subject to hydrolysis) is 1. The van der Waals surface area contributed by atoms with Crippen LogP contribution < -0.4 is 16.4 Å². The topological polar surface area (TPSA) is 131 Å². The third-order valence-electron chi connectivity index (χ3n) is 4.34. The molecule has 1 rings (SSSR count). The van der Waals surface area contributed by atoms with Crippen LogP contribution in [0.3, 0.4) is 0 Å². The summed E-state index contributed by atoms with van der Waals surface area (Å²) in [5.74, 6) is -2.20. The highest BCUT2D eigenvalue weighted by atomic mass is 16.6. The van der Waals surface area contributed by atoms with Crippen LogP contribution in [-0.2, 0) is 19.1 Å². The molecule has 0 heterocycles. The van der Waals surface area contributed by atoms with Gasteiger partial charge < -0.3 is 21.1 Å². The molecule has 0 aliphatic carbocycles. The van der Waals surface area contributed by atoms with E-state index in [0.29, 0.717) is 5.56 Å². The van der Waals surface area contributed by atoms with Crippen LogP contribution >= 0.6 is 0 Å². The van der Waals surface area contributed by atoms with Crippen molar-refractivity contribution in [2.45, 2.75) is 85.0 Å². The van der Waals surface area contributed by atoms with E-state index in [9.17, 15) is 19.2 Å². The Morgan fingerprint density at radius 2 is 1.59 bits per heavy atom.